The molecular weight excluding hydrogens is 334 g/mol. The summed E-state index contributed by atoms with van der Waals surface area (Å²) in [6, 6.07) is 10.9. The third-order valence-electron chi connectivity index (χ3n) is 4.09. The van der Waals surface area contributed by atoms with Gasteiger partial charge in [0.25, 0.3) is 5.56 Å². The van der Waals surface area contributed by atoms with E-state index in [9.17, 15) is 4.79 Å². The van der Waals surface area contributed by atoms with Crippen molar-refractivity contribution in [2.45, 2.75) is 0 Å². The number of azo groups is 1. The van der Waals surface area contributed by atoms with Crippen LogP contribution in [0.1, 0.15) is 0 Å². The number of rotatable bonds is 3. The average molecular weight is 345 g/mol. The van der Waals surface area contributed by atoms with Crippen molar-refractivity contribution in [1.82, 2.24) is 25.4 Å². The lowest BCUT2D eigenvalue weighted by molar-refractivity contribution is 0.572. The quantitative estimate of drug-likeness (QED) is 0.429. The van der Waals surface area contributed by atoms with Gasteiger partial charge in [-0.15, -0.1) is 5.11 Å². The Kier molecular flexibility index (Phi) is 3.04. The number of oxazole rings is 1. The fourth-order valence-electron chi connectivity index (χ4n) is 2.85. The van der Waals surface area contributed by atoms with E-state index in [1.165, 1.54) is 6.39 Å². The summed E-state index contributed by atoms with van der Waals surface area (Å²) in [6.45, 7) is 0. The Morgan fingerprint density at radius 1 is 1.00 bits per heavy atom. The summed E-state index contributed by atoms with van der Waals surface area (Å²) in [5.74, 6) is 0.670. The van der Waals surface area contributed by atoms with Crippen LogP contribution in [0.15, 0.2) is 68.4 Å². The summed E-state index contributed by atoms with van der Waals surface area (Å²) in [6.07, 6.45) is 3.02. The molecule has 3 heterocycles. The number of hydrogen-bond donors (Lipinski definition) is 3. The zero-order valence-corrected chi connectivity index (χ0v) is 13.2. The van der Waals surface area contributed by atoms with Gasteiger partial charge in [0, 0.05) is 5.56 Å². The lowest BCUT2D eigenvalue weighted by Crippen LogP contribution is -1.95. The molecule has 0 fully saturated rings. The topological polar surface area (TPSA) is 128 Å². The van der Waals surface area contributed by atoms with E-state index in [2.05, 4.69) is 35.6 Å². The first kappa shape index (κ1) is 14.3. The number of aromatic amines is 3. The Morgan fingerprint density at radius 2 is 1.85 bits per heavy atom. The van der Waals surface area contributed by atoms with Crippen LogP contribution in [-0.4, -0.2) is 25.4 Å². The number of nitrogens with one attached hydrogen (secondary N) is 3. The number of nitrogens with zero attached hydrogens (tertiary/aromatic N) is 4. The highest BCUT2D eigenvalue weighted by molar-refractivity contribution is 6.08. The Bertz CT molecular complexity index is 1290. The van der Waals surface area contributed by atoms with Gasteiger partial charge in [0.2, 0.25) is 0 Å². The largest absolute Gasteiger partial charge is 0.444 e. The molecule has 0 aliphatic heterocycles. The summed E-state index contributed by atoms with van der Waals surface area (Å²) in [5, 5.41) is 18.7. The van der Waals surface area contributed by atoms with Crippen LogP contribution < -0.4 is 5.56 Å². The van der Waals surface area contributed by atoms with Crippen molar-refractivity contribution < 1.29 is 4.42 Å². The molecule has 0 radical (unpaired) electrons. The maximum Gasteiger partial charge on any atom is 0.276 e. The molecule has 0 saturated heterocycles. The van der Waals surface area contributed by atoms with Gasteiger partial charge in [-0.25, -0.2) is 10.2 Å². The van der Waals surface area contributed by atoms with Crippen LogP contribution in [0.2, 0.25) is 0 Å². The van der Waals surface area contributed by atoms with Gasteiger partial charge in [0.1, 0.15) is 5.52 Å². The third kappa shape index (κ3) is 2.22. The monoisotopic (exact) mass is 345 g/mol. The molecule has 0 aliphatic carbocycles. The molecule has 0 aliphatic rings. The molecule has 3 aromatic heterocycles. The van der Waals surface area contributed by atoms with Crippen LogP contribution in [0.5, 0.6) is 0 Å². The molecule has 0 amide bonds. The lowest BCUT2D eigenvalue weighted by Gasteiger charge is -1.96. The van der Waals surface area contributed by atoms with Crippen molar-refractivity contribution in [3.63, 3.8) is 0 Å². The van der Waals surface area contributed by atoms with E-state index in [0.717, 1.165) is 11.1 Å². The van der Waals surface area contributed by atoms with Crippen LogP contribution in [0.3, 0.4) is 0 Å². The minimum atomic E-state index is -0.308. The maximum atomic E-state index is 12.3. The maximum absolute atomic E-state index is 12.3. The second-order valence-corrected chi connectivity index (χ2v) is 5.65. The third-order valence-corrected chi connectivity index (χ3v) is 4.09. The van der Waals surface area contributed by atoms with Crippen LogP contribution in [0, 0.1) is 0 Å². The van der Waals surface area contributed by atoms with Gasteiger partial charge in [-0.1, -0.05) is 0 Å². The van der Waals surface area contributed by atoms with Gasteiger partial charge in [-0.3, -0.25) is 9.89 Å². The van der Waals surface area contributed by atoms with Crippen molar-refractivity contribution in [3.8, 4) is 11.3 Å². The van der Waals surface area contributed by atoms with E-state index < -0.39 is 0 Å². The number of aromatic nitrogens is 5. The second kappa shape index (κ2) is 5.52. The number of H-pyrrole nitrogens is 3. The number of fused-ring (bicyclic) bond motifs is 3. The summed E-state index contributed by atoms with van der Waals surface area (Å²) in [5.41, 5.74) is 3.50. The summed E-state index contributed by atoms with van der Waals surface area (Å²) < 4.78 is 5.25. The van der Waals surface area contributed by atoms with E-state index >= 15 is 0 Å². The molecule has 2 aromatic carbocycles. The molecular formula is C17H11N7O2. The molecule has 0 saturated carbocycles. The van der Waals surface area contributed by atoms with Gasteiger partial charge in [0.15, 0.2) is 17.8 Å². The highest BCUT2D eigenvalue weighted by Gasteiger charge is 2.14. The highest BCUT2D eigenvalue weighted by Crippen LogP contribution is 2.29. The summed E-state index contributed by atoms with van der Waals surface area (Å²) >= 11 is 0. The summed E-state index contributed by atoms with van der Waals surface area (Å²) in [4.78, 5) is 18.9. The molecule has 0 bridgehead atoms. The van der Waals surface area contributed by atoms with E-state index in [-0.39, 0.29) is 11.2 Å². The Labute approximate surface area is 144 Å². The SMILES string of the molecule is O=c1[nH]c2ccc3[nH][nH]nc3c2c1N=Nc1ccc(-c2cnco2)cc1. The molecule has 9 nitrogen and oxygen atoms in total. The first-order valence-electron chi connectivity index (χ1n) is 7.78. The molecule has 5 rings (SSSR count). The van der Waals surface area contributed by atoms with Crippen molar-refractivity contribution in [2.75, 3.05) is 0 Å². The zero-order valence-electron chi connectivity index (χ0n) is 13.2. The highest BCUT2D eigenvalue weighted by atomic mass is 16.3. The van der Waals surface area contributed by atoms with Crippen LogP contribution >= 0.6 is 0 Å². The first-order chi connectivity index (χ1) is 12.8. The van der Waals surface area contributed by atoms with Gasteiger partial charge >= 0.3 is 0 Å². The molecule has 9 heteroatoms. The normalized spacial score (nSPS) is 11.8. The molecule has 126 valence electrons. The molecule has 5 aromatic rings. The predicted molar refractivity (Wildman–Crippen MR) is 94.7 cm³/mol. The van der Waals surface area contributed by atoms with Crippen molar-refractivity contribution in [1.29, 1.82) is 0 Å². The van der Waals surface area contributed by atoms with Crippen molar-refractivity contribution >= 4 is 33.3 Å². The minimum Gasteiger partial charge on any atom is -0.444 e. The molecule has 3 N–H and O–H groups in total. The molecule has 26 heavy (non-hydrogen) atoms. The standard InChI is InChI=1S/C17H11N7O2/c25-17-16(14-11(19-17)5-6-12-15(14)23-24-21-12)22-20-10-3-1-9(2-4-10)13-7-18-8-26-13/h1-8,21,24H,(H,19,25). The van der Waals surface area contributed by atoms with Crippen molar-refractivity contribution in [3.05, 3.63) is 59.3 Å². The van der Waals surface area contributed by atoms with Gasteiger partial charge < -0.3 is 9.40 Å². The van der Waals surface area contributed by atoms with Gasteiger partial charge in [-0.05, 0) is 36.4 Å². The fourth-order valence-corrected chi connectivity index (χ4v) is 2.85. The predicted octanol–water partition coefficient (Wildman–Crippen LogP) is 3.80. The van der Waals surface area contributed by atoms with E-state index in [1.807, 2.05) is 18.2 Å². The average Bonchev–Trinajstić information content (AvgIpc) is 3.39. The molecule has 0 unspecified atom stereocenters. The van der Waals surface area contributed by atoms with Crippen LogP contribution in [0.25, 0.3) is 33.3 Å². The summed E-state index contributed by atoms with van der Waals surface area (Å²) in [7, 11) is 0. The minimum absolute atomic E-state index is 0.227. The smallest absolute Gasteiger partial charge is 0.276 e. The number of benzene rings is 2. The van der Waals surface area contributed by atoms with Crippen molar-refractivity contribution in [2.24, 2.45) is 10.2 Å². The van der Waals surface area contributed by atoms with E-state index in [0.29, 0.717) is 27.9 Å². The first-order valence-corrected chi connectivity index (χ1v) is 7.78. The lowest BCUT2D eigenvalue weighted by atomic mass is 10.2. The Morgan fingerprint density at radius 3 is 2.65 bits per heavy atom. The van der Waals surface area contributed by atoms with Crippen LogP contribution in [0.4, 0.5) is 11.4 Å². The number of hydrogen-bond acceptors (Lipinski definition) is 6. The molecule has 0 atom stereocenters. The van der Waals surface area contributed by atoms with Gasteiger partial charge in [-0.2, -0.15) is 10.2 Å². The fraction of sp³-hybridized carbons (Fsp3) is 0. The van der Waals surface area contributed by atoms with E-state index in [4.69, 9.17) is 4.42 Å². The second-order valence-electron chi connectivity index (χ2n) is 5.65. The zero-order chi connectivity index (χ0) is 17.5. The molecule has 0 spiro atoms. The van der Waals surface area contributed by atoms with E-state index in [1.54, 1.807) is 24.4 Å². The Hall–Kier alpha value is -4.01. The Balaban J connectivity index is 1.56. The van der Waals surface area contributed by atoms with Gasteiger partial charge in [0.05, 0.1) is 28.3 Å². The van der Waals surface area contributed by atoms with Crippen LogP contribution in [-0.2, 0) is 0 Å².